The van der Waals surface area contributed by atoms with E-state index in [-0.39, 0.29) is 24.6 Å². The number of carbonyl (C=O) groups is 1. The minimum Gasteiger partial charge on any atom is -0.325 e. The molecular weight excluding hydrogens is 262 g/mol. The van der Waals surface area contributed by atoms with Crippen LogP contribution in [-0.2, 0) is 11.3 Å². The van der Waals surface area contributed by atoms with Gasteiger partial charge < -0.3 is 10.6 Å². The summed E-state index contributed by atoms with van der Waals surface area (Å²) in [6.07, 6.45) is 0. The summed E-state index contributed by atoms with van der Waals surface area (Å²) in [5.74, 6) is -1.24. The van der Waals surface area contributed by atoms with Crippen LogP contribution in [-0.4, -0.2) is 12.5 Å². The van der Waals surface area contributed by atoms with E-state index in [0.29, 0.717) is 5.69 Å². The van der Waals surface area contributed by atoms with E-state index in [4.69, 9.17) is 0 Å². The maximum atomic E-state index is 13.3. The SMILES string of the molecule is O=C(CNCc1cc(F)ccc1F)Nc1ccccc1. The predicted molar refractivity (Wildman–Crippen MR) is 73.1 cm³/mol. The van der Waals surface area contributed by atoms with E-state index in [1.807, 2.05) is 18.2 Å². The van der Waals surface area contributed by atoms with Crippen molar-refractivity contribution in [3.8, 4) is 0 Å². The van der Waals surface area contributed by atoms with Gasteiger partial charge in [-0.15, -0.1) is 0 Å². The quantitative estimate of drug-likeness (QED) is 0.881. The third-order valence-corrected chi connectivity index (χ3v) is 2.67. The average Bonchev–Trinajstić information content (AvgIpc) is 2.44. The van der Waals surface area contributed by atoms with Crippen molar-refractivity contribution < 1.29 is 13.6 Å². The topological polar surface area (TPSA) is 41.1 Å². The fourth-order valence-electron chi connectivity index (χ4n) is 1.72. The van der Waals surface area contributed by atoms with Crippen LogP contribution in [0.1, 0.15) is 5.56 Å². The first-order chi connectivity index (χ1) is 9.65. The number of rotatable bonds is 5. The minimum atomic E-state index is -0.503. The number of hydrogen-bond donors (Lipinski definition) is 2. The van der Waals surface area contributed by atoms with Crippen LogP contribution in [0.15, 0.2) is 48.5 Å². The number of benzene rings is 2. The van der Waals surface area contributed by atoms with Gasteiger partial charge in [0.15, 0.2) is 0 Å². The Morgan fingerprint density at radius 2 is 1.80 bits per heavy atom. The first-order valence-corrected chi connectivity index (χ1v) is 6.15. The molecule has 2 rings (SSSR count). The third-order valence-electron chi connectivity index (χ3n) is 2.67. The van der Waals surface area contributed by atoms with Gasteiger partial charge in [-0.1, -0.05) is 18.2 Å². The Kier molecular flexibility index (Phi) is 4.79. The first kappa shape index (κ1) is 14.1. The van der Waals surface area contributed by atoms with E-state index in [0.717, 1.165) is 18.2 Å². The van der Waals surface area contributed by atoms with Crippen molar-refractivity contribution in [2.75, 3.05) is 11.9 Å². The van der Waals surface area contributed by atoms with Gasteiger partial charge in [0.1, 0.15) is 11.6 Å². The Morgan fingerprint density at radius 1 is 1.05 bits per heavy atom. The summed E-state index contributed by atoms with van der Waals surface area (Å²) in [7, 11) is 0. The predicted octanol–water partition coefficient (Wildman–Crippen LogP) is 2.69. The maximum absolute atomic E-state index is 13.3. The lowest BCUT2D eigenvalue weighted by atomic mass is 10.2. The molecule has 2 aromatic rings. The van der Waals surface area contributed by atoms with Crippen LogP contribution in [0.5, 0.6) is 0 Å². The number of nitrogens with one attached hydrogen (secondary N) is 2. The van der Waals surface area contributed by atoms with E-state index in [2.05, 4.69) is 10.6 Å². The summed E-state index contributed by atoms with van der Waals surface area (Å²) in [5.41, 5.74) is 0.883. The fourth-order valence-corrected chi connectivity index (χ4v) is 1.72. The van der Waals surface area contributed by atoms with Gasteiger partial charge in [-0.3, -0.25) is 4.79 Å². The largest absolute Gasteiger partial charge is 0.325 e. The van der Waals surface area contributed by atoms with Crippen LogP contribution < -0.4 is 10.6 Å². The summed E-state index contributed by atoms with van der Waals surface area (Å²) in [6.45, 7) is 0.108. The van der Waals surface area contributed by atoms with E-state index < -0.39 is 11.6 Å². The molecule has 0 heterocycles. The van der Waals surface area contributed by atoms with Crippen LogP contribution in [0, 0.1) is 11.6 Å². The molecule has 0 aromatic heterocycles. The van der Waals surface area contributed by atoms with Gasteiger partial charge in [-0.2, -0.15) is 0 Å². The van der Waals surface area contributed by atoms with E-state index >= 15 is 0 Å². The molecule has 0 unspecified atom stereocenters. The molecule has 0 radical (unpaired) electrons. The number of hydrogen-bond acceptors (Lipinski definition) is 2. The second kappa shape index (κ2) is 6.77. The molecule has 1 amide bonds. The second-order valence-corrected chi connectivity index (χ2v) is 4.25. The molecule has 0 saturated carbocycles. The number of amides is 1. The van der Waals surface area contributed by atoms with Gasteiger partial charge in [0.25, 0.3) is 0 Å². The van der Waals surface area contributed by atoms with Crippen molar-refractivity contribution in [2.45, 2.75) is 6.54 Å². The molecule has 3 nitrogen and oxygen atoms in total. The highest BCUT2D eigenvalue weighted by molar-refractivity contribution is 5.92. The molecule has 0 aliphatic heterocycles. The lowest BCUT2D eigenvalue weighted by molar-refractivity contribution is -0.115. The second-order valence-electron chi connectivity index (χ2n) is 4.25. The zero-order valence-electron chi connectivity index (χ0n) is 10.7. The highest BCUT2D eigenvalue weighted by atomic mass is 19.1. The fraction of sp³-hybridized carbons (Fsp3) is 0.133. The molecule has 0 atom stereocenters. The summed E-state index contributed by atoms with van der Waals surface area (Å²) in [5, 5.41) is 5.46. The number of carbonyl (C=O) groups excluding carboxylic acids is 1. The molecule has 0 saturated heterocycles. The smallest absolute Gasteiger partial charge is 0.238 e. The summed E-state index contributed by atoms with van der Waals surface area (Å²) < 4.78 is 26.3. The Labute approximate surface area is 115 Å². The van der Waals surface area contributed by atoms with Crippen LogP contribution in [0.4, 0.5) is 14.5 Å². The summed E-state index contributed by atoms with van der Waals surface area (Å²) in [4.78, 5) is 11.6. The van der Waals surface area contributed by atoms with E-state index in [1.54, 1.807) is 12.1 Å². The highest BCUT2D eigenvalue weighted by Gasteiger charge is 2.05. The summed E-state index contributed by atoms with van der Waals surface area (Å²) in [6, 6.07) is 12.2. The number of para-hydroxylation sites is 1. The van der Waals surface area contributed by atoms with E-state index in [9.17, 15) is 13.6 Å². The van der Waals surface area contributed by atoms with Crippen molar-refractivity contribution in [1.29, 1.82) is 0 Å². The Balaban J connectivity index is 1.81. The molecule has 2 aromatic carbocycles. The molecule has 0 aliphatic carbocycles. The third kappa shape index (κ3) is 4.13. The van der Waals surface area contributed by atoms with Crippen LogP contribution >= 0.6 is 0 Å². The molecule has 0 bridgehead atoms. The Morgan fingerprint density at radius 3 is 2.55 bits per heavy atom. The van der Waals surface area contributed by atoms with Crippen LogP contribution in [0.3, 0.4) is 0 Å². The van der Waals surface area contributed by atoms with Crippen molar-refractivity contribution in [2.24, 2.45) is 0 Å². The number of anilines is 1. The molecule has 0 aliphatic rings. The number of halogens is 2. The Hall–Kier alpha value is -2.27. The maximum Gasteiger partial charge on any atom is 0.238 e. The lowest BCUT2D eigenvalue weighted by Crippen LogP contribution is -2.28. The van der Waals surface area contributed by atoms with Crippen molar-refractivity contribution in [1.82, 2.24) is 5.32 Å². The molecule has 2 N–H and O–H groups in total. The zero-order valence-corrected chi connectivity index (χ0v) is 10.7. The van der Waals surface area contributed by atoms with Crippen LogP contribution in [0.25, 0.3) is 0 Å². The van der Waals surface area contributed by atoms with Gasteiger partial charge >= 0.3 is 0 Å². The molecular formula is C15H14F2N2O. The molecule has 5 heteroatoms. The molecule has 20 heavy (non-hydrogen) atoms. The Bertz CT molecular complexity index is 588. The standard InChI is InChI=1S/C15H14F2N2O/c16-12-6-7-14(17)11(8-12)9-18-10-15(20)19-13-4-2-1-3-5-13/h1-8,18H,9-10H2,(H,19,20). The van der Waals surface area contributed by atoms with E-state index in [1.165, 1.54) is 0 Å². The van der Waals surface area contributed by atoms with Crippen molar-refractivity contribution >= 4 is 11.6 Å². The molecule has 0 spiro atoms. The van der Waals surface area contributed by atoms with Gasteiger partial charge in [0.2, 0.25) is 5.91 Å². The lowest BCUT2D eigenvalue weighted by Gasteiger charge is -2.07. The zero-order chi connectivity index (χ0) is 14.4. The molecule has 104 valence electrons. The summed E-state index contributed by atoms with van der Waals surface area (Å²) >= 11 is 0. The first-order valence-electron chi connectivity index (χ1n) is 6.15. The average molecular weight is 276 g/mol. The normalized spacial score (nSPS) is 10.3. The minimum absolute atomic E-state index is 0.0187. The molecule has 0 fully saturated rings. The van der Waals surface area contributed by atoms with Gasteiger partial charge in [0, 0.05) is 17.8 Å². The van der Waals surface area contributed by atoms with Crippen LogP contribution in [0.2, 0.25) is 0 Å². The monoisotopic (exact) mass is 276 g/mol. The van der Waals surface area contributed by atoms with Crippen molar-refractivity contribution in [3.63, 3.8) is 0 Å². The van der Waals surface area contributed by atoms with Gasteiger partial charge in [-0.05, 0) is 30.3 Å². The highest BCUT2D eigenvalue weighted by Crippen LogP contribution is 2.09. The van der Waals surface area contributed by atoms with Crippen molar-refractivity contribution in [3.05, 3.63) is 65.7 Å². The van der Waals surface area contributed by atoms with Gasteiger partial charge in [-0.25, -0.2) is 8.78 Å². The van der Waals surface area contributed by atoms with Gasteiger partial charge in [0.05, 0.1) is 6.54 Å².